The molecule has 7 nitrogen and oxygen atoms in total. The van der Waals surface area contributed by atoms with Gasteiger partial charge in [0.25, 0.3) is 11.5 Å². The highest BCUT2D eigenvalue weighted by Crippen LogP contribution is 2.24. The van der Waals surface area contributed by atoms with Crippen LogP contribution < -0.4 is 16.6 Å². The first kappa shape index (κ1) is 20.5. The van der Waals surface area contributed by atoms with E-state index in [9.17, 15) is 14.4 Å². The number of aromatic nitrogens is 2. The summed E-state index contributed by atoms with van der Waals surface area (Å²) in [5.41, 5.74) is 6.52. The molecule has 3 N–H and O–H groups in total. The van der Waals surface area contributed by atoms with Crippen molar-refractivity contribution in [3.05, 3.63) is 74.7 Å². The Morgan fingerprint density at radius 2 is 1.93 bits per heavy atom. The quantitative estimate of drug-likeness (QED) is 0.595. The summed E-state index contributed by atoms with van der Waals surface area (Å²) < 4.78 is 1.02. The summed E-state index contributed by atoms with van der Waals surface area (Å²) in [4.78, 5) is 36.7. The summed E-state index contributed by atoms with van der Waals surface area (Å²) in [6.45, 7) is 1.81. The molecule has 0 spiro atoms. The molecule has 3 rings (SSSR count). The van der Waals surface area contributed by atoms with Crippen LogP contribution in [0.3, 0.4) is 0 Å². The minimum Gasteiger partial charge on any atom is -0.368 e. The summed E-state index contributed by atoms with van der Waals surface area (Å²) >= 11 is 1.63. The molecule has 1 aromatic carbocycles. The van der Waals surface area contributed by atoms with E-state index in [-0.39, 0.29) is 18.5 Å². The van der Waals surface area contributed by atoms with Gasteiger partial charge >= 0.3 is 0 Å². The van der Waals surface area contributed by atoms with Gasteiger partial charge in [0, 0.05) is 22.1 Å². The Labute approximate surface area is 172 Å². The molecule has 1 atom stereocenters. The van der Waals surface area contributed by atoms with Gasteiger partial charge < -0.3 is 11.1 Å². The van der Waals surface area contributed by atoms with Crippen LogP contribution in [0, 0.1) is 0 Å². The molecule has 0 aliphatic rings. The number of nitrogens with one attached hydrogen (secondary N) is 1. The Balaban J connectivity index is 1.77. The van der Waals surface area contributed by atoms with Crippen molar-refractivity contribution in [2.75, 3.05) is 0 Å². The third kappa shape index (κ3) is 5.17. The predicted octanol–water partition coefficient (Wildman–Crippen LogP) is 2.73. The van der Waals surface area contributed by atoms with E-state index in [1.807, 2.05) is 17.5 Å². The SMILES string of the molecule is CCCC(NC(=O)c1ccc(-c2ccc(=O)n(CC(N)=O)n2)cc1)c1cccs1. The fraction of sp³-hybridized carbons (Fsp3) is 0.238. The standard InChI is InChI=1S/C21H22N4O3S/c1-2-4-17(18-5-3-12-29-18)23-21(28)15-8-6-14(7-9-15)16-10-11-20(27)25(24-16)13-19(22)26/h3,5-12,17H,2,4,13H2,1H3,(H2,22,26)(H,23,28). The Bertz CT molecular complexity index is 1040. The van der Waals surface area contributed by atoms with Crippen molar-refractivity contribution in [2.45, 2.75) is 32.4 Å². The summed E-state index contributed by atoms with van der Waals surface area (Å²) in [7, 11) is 0. The van der Waals surface area contributed by atoms with Crippen molar-refractivity contribution in [1.82, 2.24) is 15.1 Å². The van der Waals surface area contributed by atoms with Crippen LogP contribution >= 0.6 is 11.3 Å². The summed E-state index contributed by atoms with van der Waals surface area (Å²) in [6.07, 6.45) is 1.84. The lowest BCUT2D eigenvalue weighted by atomic mass is 10.1. The first-order chi connectivity index (χ1) is 14.0. The molecule has 29 heavy (non-hydrogen) atoms. The van der Waals surface area contributed by atoms with Gasteiger partial charge in [0.15, 0.2) is 0 Å². The summed E-state index contributed by atoms with van der Waals surface area (Å²) in [6, 6.07) is 13.9. The van der Waals surface area contributed by atoms with Gasteiger partial charge in [0.05, 0.1) is 11.7 Å². The van der Waals surface area contributed by atoms with Crippen molar-refractivity contribution in [1.29, 1.82) is 0 Å². The molecule has 2 aromatic heterocycles. The van der Waals surface area contributed by atoms with Crippen molar-refractivity contribution in [3.8, 4) is 11.3 Å². The third-order valence-electron chi connectivity index (χ3n) is 4.38. The van der Waals surface area contributed by atoms with Gasteiger partial charge in [0.2, 0.25) is 5.91 Å². The molecule has 2 heterocycles. The van der Waals surface area contributed by atoms with Crippen LogP contribution in [-0.4, -0.2) is 21.6 Å². The van der Waals surface area contributed by atoms with Gasteiger partial charge in [0.1, 0.15) is 6.54 Å². The number of carbonyl (C=O) groups is 2. The van der Waals surface area contributed by atoms with Crippen LogP contribution in [0.25, 0.3) is 11.3 Å². The maximum absolute atomic E-state index is 12.7. The molecule has 0 saturated heterocycles. The van der Waals surface area contributed by atoms with Crippen LogP contribution in [-0.2, 0) is 11.3 Å². The summed E-state index contributed by atoms with van der Waals surface area (Å²) in [5, 5.41) is 9.26. The minimum absolute atomic E-state index is 0.00815. The maximum Gasteiger partial charge on any atom is 0.267 e. The molecular formula is C21H22N4O3S. The van der Waals surface area contributed by atoms with Crippen molar-refractivity contribution < 1.29 is 9.59 Å². The molecule has 2 amide bonds. The highest BCUT2D eigenvalue weighted by Gasteiger charge is 2.16. The topological polar surface area (TPSA) is 107 Å². The molecular weight excluding hydrogens is 388 g/mol. The largest absolute Gasteiger partial charge is 0.368 e. The molecule has 0 bridgehead atoms. The number of carbonyl (C=O) groups excluding carboxylic acids is 2. The molecule has 0 radical (unpaired) electrons. The van der Waals surface area contributed by atoms with E-state index in [1.54, 1.807) is 41.7 Å². The second-order valence-corrected chi connectivity index (χ2v) is 7.57. The highest BCUT2D eigenvalue weighted by molar-refractivity contribution is 7.10. The third-order valence-corrected chi connectivity index (χ3v) is 5.37. The van der Waals surface area contributed by atoms with Gasteiger partial charge in [-0.15, -0.1) is 11.3 Å². The molecule has 0 aliphatic carbocycles. The molecule has 150 valence electrons. The Kier molecular flexibility index (Phi) is 6.56. The average molecular weight is 410 g/mol. The van der Waals surface area contributed by atoms with Crippen LogP contribution in [0.5, 0.6) is 0 Å². The van der Waals surface area contributed by atoms with Gasteiger partial charge in [-0.3, -0.25) is 14.4 Å². The minimum atomic E-state index is -0.642. The fourth-order valence-electron chi connectivity index (χ4n) is 2.96. The van der Waals surface area contributed by atoms with Gasteiger partial charge in [-0.25, -0.2) is 4.68 Å². The smallest absolute Gasteiger partial charge is 0.267 e. The van der Waals surface area contributed by atoms with E-state index in [0.29, 0.717) is 11.3 Å². The molecule has 0 fully saturated rings. The fourth-order valence-corrected chi connectivity index (χ4v) is 3.77. The number of amides is 2. The lowest BCUT2D eigenvalue weighted by molar-refractivity contribution is -0.118. The Morgan fingerprint density at radius 3 is 2.55 bits per heavy atom. The molecule has 8 heteroatoms. The second-order valence-electron chi connectivity index (χ2n) is 6.59. The summed E-state index contributed by atoms with van der Waals surface area (Å²) in [5.74, 6) is -0.786. The van der Waals surface area contributed by atoms with Gasteiger partial charge in [-0.2, -0.15) is 5.10 Å². The number of primary amides is 1. The molecule has 0 saturated carbocycles. The van der Waals surface area contributed by atoms with Crippen molar-refractivity contribution in [2.24, 2.45) is 5.73 Å². The number of thiophene rings is 1. The van der Waals surface area contributed by atoms with E-state index in [4.69, 9.17) is 5.73 Å². The predicted molar refractivity (Wildman–Crippen MR) is 113 cm³/mol. The first-order valence-electron chi connectivity index (χ1n) is 9.29. The average Bonchev–Trinajstić information content (AvgIpc) is 3.24. The van der Waals surface area contributed by atoms with Crippen LogP contribution in [0.2, 0.25) is 0 Å². The molecule has 1 unspecified atom stereocenters. The number of rotatable bonds is 8. The van der Waals surface area contributed by atoms with E-state index in [0.717, 1.165) is 28.0 Å². The van der Waals surface area contributed by atoms with Crippen molar-refractivity contribution >= 4 is 23.2 Å². The lowest BCUT2D eigenvalue weighted by Gasteiger charge is -2.17. The molecule has 0 aliphatic heterocycles. The van der Waals surface area contributed by atoms with Gasteiger partial charge in [-0.1, -0.05) is 31.5 Å². The molecule has 3 aromatic rings. The number of hydrogen-bond donors (Lipinski definition) is 2. The second kappa shape index (κ2) is 9.29. The first-order valence-corrected chi connectivity index (χ1v) is 10.2. The Morgan fingerprint density at radius 1 is 1.17 bits per heavy atom. The number of benzene rings is 1. The number of nitrogens with two attached hydrogens (primary N) is 1. The maximum atomic E-state index is 12.7. The van der Waals surface area contributed by atoms with Crippen LogP contribution in [0.1, 0.15) is 41.0 Å². The number of hydrogen-bond acceptors (Lipinski definition) is 5. The van der Waals surface area contributed by atoms with Gasteiger partial charge in [-0.05, 0) is 36.1 Å². The zero-order chi connectivity index (χ0) is 20.8. The van der Waals surface area contributed by atoms with Crippen LogP contribution in [0.15, 0.2) is 58.7 Å². The highest BCUT2D eigenvalue weighted by atomic mass is 32.1. The normalized spacial score (nSPS) is 11.8. The lowest BCUT2D eigenvalue weighted by Crippen LogP contribution is -2.29. The van der Waals surface area contributed by atoms with E-state index >= 15 is 0 Å². The Hall–Kier alpha value is -3.26. The van der Waals surface area contributed by atoms with E-state index in [2.05, 4.69) is 17.3 Å². The zero-order valence-corrected chi connectivity index (χ0v) is 16.8. The van der Waals surface area contributed by atoms with E-state index < -0.39 is 11.5 Å². The van der Waals surface area contributed by atoms with E-state index in [1.165, 1.54) is 6.07 Å². The zero-order valence-electron chi connectivity index (χ0n) is 16.0. The van der Waals surface area contributed by atoms with Crippen molar-refractivity contribution in [3.63, 3.8) is 0 Å². The number of nitrogens with zero attached hydrogens (tertiary/aromatic N) is 2. The monoisotopic (exact) mass is 410 g/mol. The van der Waals surface area contributed by atoms with Crippen LogP contribution in [0.4, 0.5) is 0 Å².